The van der Waals surface area contributed by atoms with Crippen LogP contribution < -0.4 is 11.1 Å². The highest BCUT2D eigenvalue weighted by Crippen LogP contribution is 2.02. The summed E-state index contributed by atoms with van der Waals surface area (Å²) < 4.78 is 0. The van der Waals surface area contributed by atoms with E-state index in [1.54, 1.807) is 18.3 Å². The van der Waals surface area contributed by atoms with Gasteiger partial charge in [-0.2, -0.15) is 0 Å². The smallest absolute Gasteiger partial charge is 0.259 e. The highest BCUT2D eigenvalue weighted by atomic mass is 16.2. The number of nitrogens with zero attached hydrogens (tertiary/aromatic N) is 1. The summed E-state index contributed by atoms with van der Waals surface area (Å²) in [6.45, 7) is 0. The lowest BCUT2D eigenvalue weighted by atomic mass is 10.1. The number of carbonyl (C=O) groups excluding carboxylic acids is 2. The molecule has 1 aromatic carbocycles. The van der Waals surface area contributed by atoms with Gasteiger partial charge in [-0.25, -0.2) is 0 Å². The average molecular weight is 269 g/mol. The number of nitrogens with two attached hydrogens (primary N) is 1. The van der Waals surface area contributed by atoms with Gasteiger partial charge in [0.2, 0.25) is 5.91 Å². The van der Waals surface area contributed by atoms with E-state index in [1.807, 2.05) is 30.3 Å². The van der Waals surface area contributed by atoms with Crippen molar-refractivity contribution in [2.45, 2.75) is 12.5 Å². The molecule has 0 aliphatic rings. The molecule has 20 heavy (non-hydrogen) atoms. The van der Waals surface area contributed by atoms with Crippen LogP contribution in [-0.2, 0) is 11.2 Å². The Bertz CT molecular complexity index is 585. The van der Waals surface area contributed by atoms with Crippen LogP contribution in [0.25, 0.3) is 0 Å². The third-order valence-electron chi connectivity index (χ3n) is 2.80. The number of rotatable bonds is 4. The molecule has 0 radical (unpaired) electrons. The quantitative estimate of drug-likeness (QED) is 0.864. The molecule has 1 unspecified atom stereocenters. The lowest BCUT2D eigenvalue weighted by molar-refractivity contribution is -0.121. The van der Waals surface area contributed by atoms with Crippen molar-refractivity contribution in [3.05, 3.63) is 66.0 Å². The number of imide groups is 1. The van der Waals surface area contributed by atoms with E-state index in [-0.39, 0.29) is 0 Å². The lowest BCUT2D eigenvalue weighted by Crippen LogP contribution is -2.44. The molecule has 0 saturated heterocycles. The number of pyridine rings is 1. The Hall–Kier alpha value is -2.53. The average Bonchev–Trinajstić information content (AvgIpc) is 2.49. The molecule has 2 amide bonds. The molecule has 5 nitrogen and oxygen atoms in total. The van der Waals surface area contributed by atoms with Crippen LogP contribution in [0, 0.1) is 0 Å². The third kappa shape index (κ3) is 3.73. The fourth-order valence-corrected chi connectivity index (χ4v) is 1.73. The highest BCUT2D eigenvalue weighted by Gasteiger charge is 2.17. The van der Waals surface area contributed by atoms with Gasteiger partial charge in [0.25, 0.3) is 5.91 Å². The van der Waals surface area contributed by atoms with Crippen LogP contribution in [0.15, 0.2) is 54.9 Å². The maximum atomic E-state index is 11.9. The van der Waals surface area contributed by atoms with Gasteiger partial charge in [0.15, 0.2) is 0 Å². The first kappa shape index (κ1) is 13.9. The molecule has 3 N–H and O–H groups in total. The summed E-state index contributed by atoms with van der Waals surface area (Å²) in [5.41, 5.74) is 7.07. The zero-order valence-electron chi connectivity index (χ0n) is 10.8. The summed E-state index contributed by atoms with van der Waals surface area (Å²) >= 11 is 0. The number of hydrogen-bond donors (Lipinski definition) is 2. The fourth-order valence-electron chi connectivity index (χ4n) is 1.73. The third-order valence-corrected chi connectivity index (χ3v) is 2.80. The van der Waals surface area contributed by atoms with Crippen molar-refractivity contribution in [3.63, 3.8) is 0 Å². The normalized spacial score (nSPS) is 11.7. The first-order chi connectivity index (χ1) is 9.66. The van der Waals surface area contributed by atoms with Gasteiger partial charge in [-0.05, 0) is 24.1 Å². The van der Waals surface area contributed by atoms with E-state index >= 15 is 0 Å². The number of amides is 2. The predicted molar refractivity (Wildman–Crippen MR) is 74.8 cm³/mol. The van der Waals surface area contributed by atoms with Crippen molar-refractivity contribution in [3.8, 4) is 0 Å². The molecule has 1 heterocycles. The summed E-state index contributed by atoms with van der Waals surface area (Å²) in [5.74, 6) is -0.991. The van der Waals surface area contributed by atoms with Gasteiger partial charge in [0.05, 0.1) is 11.6 Å². The highest BCUT2D eigenvalue weighted by molar-refractivity contribution is 6.05. The molecule has 0 aliphatic heterocycles. The molecular weight excluding hydrogens is 254 g/mol. The Kier molecular flexibility index (Phi) is 4.57. The summed E-state index contributed by atoms with van der Waals surface area (Å²) in [7, 11) is 0. The van der Waals surface area contributed by atoms with Crippen LogP contribution >= 0.6 is 0 Å². The maximum Gasteiger partial charge on any atom is 0.259 e. The zero-order valence-corrected chi connectivity index (χ0v) is 10.8. The van der Waals surface area contributed by atoms with Crippen LogP contribution in [0.2, 0.25) is 0 Å². The minimum Gasteiger partial charge on any atom is -0.320 e. The molecule has 2 aromatic rings. The van der Waals surface area contributed by atoms with Gasteiger partial charge in [-0.15, -0.1) is 0 Å². The topological polar surface area (TPSA) is 85.1 Å². The number of benzene rings is 1. The lowest BCUT2D eigenvalue weighted by Gasteiger charge is -2.11. The Morgan fingerprint density at radius 3 is 2.55 bits per heavy atom. The molecule has 0 aliphatic carbocycles. The second kappa shape index (κ2) is 6.58. The van der Waals surface area contributed by atoms with Crippen LogP contribution in [0.1, 0.15) is 15.9 Å². The van der Waals surface area contributed by atoms with Gasteiger partial charge in [-0.3, -0.25) is 19.9 Å². The summed E-state index contributed by atoms with van der Waals surface area (Å²) in [5, 5.41) is 2.27. The van der Waals surface area contributed by atoms with Crippen LogP contribution in [0.5, 0.6) is 0 Å². The monoisotopic (exact) mass is 269 g/mol. The Labute approximate surface area is 116 Å². The molecule has 1 atom stereocenters. The largest absolute Gasteiger partial charge is 0.320 e. The van der Waals surface area contributed by atoms with Crippen molar-refractivity contribution in [2.75, 3.05) is 0 Å². The minimum absolute atomic E-state index is 0.327. The van der Waals surface area contributed by atoms with E-state index in [1.165, 1.54) is 6.20 Å². The standard InChI is InChI=1S/C15H15N3O2/c16-13(9-11-5-2-1-3-6-11)15(20)18-14(19)12-7-4-8-17-10-12/h1-8,10,13H,9,16H2,(H,18,19,20). The molecule has 0 spiro atoms. The van der Waals surface area contributed by atoms with E-state index in [2.05, 4.69) is 10.3 Å². The van der Waals surface area contributed by atoms with Crippen molar-refractivity contribution < 1.29 is 9.59 Å². The van der Waals surface area contributed by atoms with Crippen molar-refractivity contribution >= 4 is 11.8 Å². The molecule has 0 fully saturated rings. The number of carbonyl (C=O) groups is 2. The summed E-state index contributed by atoms with van der Waals surface area (Å²) in [6.07, 6.45) is 3.33. The van der Waals surface area contributed by atoms with Crippen LogP contribution in [-0.4, -0.2) is 22.8 Å². The van der Waals surface area contributed by atoms with E-state index < -0.39 is 17.9 Å². The molecule has 0 bridgehead atoms. The Balaban J connectivity index is 1.93. The van der Waals surface area contributed by atoms with Gasteiger partial charge in [0.1, 0.15) is 0 Å². The molecule has 1 aromatic heterocycles. The Morgan fingerprint density at radius 1 is 1.15 bits per heavy atom. The first-order valence-electron chi connectivity index (χ1n) is 6.21. The molecule has 0 saturated carbocycles. The molecule has 5 heteroatoms. The molecule has 102 valence electrons. The number of nitrogens with one attached hydrogen (secondary N) is 1. The van der Waals surface area contributed by atoms with Crippen LogP contribution in [0.3, 0.4) is 0 Å². The Morgan fingerprint density at radius 2 is 1.90 bits per heavy atom. The fraction of sp³-hybridized carbons (Fsp3) is 0.133. The van der Waals surface area contributed by atoms with Crippen LogP contribution in [0.4, 0.5) is 0 Å². The van der Waals surface area contributed by atoms with E-state index in [0.717, 1.165) is 5.56 Å². The maximum absolute atomic E-state index is 11.9. The second-order valence-corrected chi connectivity index (χ2v) is 4.36. The van der Waals surface area contributed by atoms with Crippen molar-refractivity contribution in [1.82, 2.24) is 10.3 Å². The number of aromatic nitrogens is 1. The molecular formula is C15H15N3O2. The van der Waals surface area contributed by atoms with Gasteiger partial charge >= 0.3 is 0 Å². The van der Waals surface area contributed by atoms with Crippen molar-refractivity contribution in [2.24, 2.45) is 5.73 Å². The zero-order chi connectivity index (χ0) is 14.4. The summed E-state index contributed by atoms with van der Waals surface area (Å²) in [6, 6.07) is 11.9. The summed E-state index contributed by atoms with van der Waals surface area (Å²) in [4.78, 5) is 27.5. The van der Waals surface area contributed by atoms with E-state index in [9.17, 15) is 9.59 Å². The van der Waals surface area contributed by atoms with E-state index in [0.29, 0.717) is 12.0 Å². The second-order valence-electron chi connectivity index (χ2n) is 4.36. The van der Waals surface area contributed by atoms with Gasteiger partial charge < -0.3 is 5.73 Å². The predicted octanol–water partition coefficient (Wildman–Crippen LogP) is 0.908. The van der Waals surface area contributed by atoms with E-state index in [4.69, 9.17) is 5.73 Å². The number of hydrogen-bond acceptors (Lipinski definition) is 4. The SMILES string of the molecule is NC(Cc1ccccc1)C(=O)NC(=O)c1cccnc1. The molecule has 2 rings (SSSR count). The first-order valence-corrected chi connectivity index (χ1v) is 6.21. The van der Waals surface area contributed by atoms with Gasteiger partial charge in [-0.1, -0.05) is 30.3 Å². The van der Waals surface area contributed by atoms with Gasteiger partial charge in [0, 0.05) is 12.4 Å². The van der Waals surface area contributed by atoms with Crippen molar-refractivity contribution in [1.29, 1.82) is 0 Å². The minimum atomic E-state index is -0.766.